The van der Waals surface area contributed by atoms with E-state index < -0.39 is 9.84 Å². The van der Waals surface area contributed by atoms with Gasteiger partial charge in [0.05, 0.1) is 11.5 Å². The third-order valence-corrected chi connectivity index (χ3v) is 4.93. The van der Waals surface area contributed by atoms with Crippen molar-refractivity contribution in [3.63, 3.8) is 0 Å². The van der Waals surface area contributed by atoms with Crippen molar-refractivity contribution in [1.29, 1.82) is 0 Å². The summed E-state index contributed by atoms with van der Waals surface area (Å²) < 4.78 is 25.2. The molecule has 120 valence electrons. The summed E-state index contributed by atoms with van der Waals surface area (Å²) in [6.07, 6.45) is 3.62. The van der Waals surface area contributed by atoms with Crippen LogP contribution in [0.5, 0.6) is 0 Å². The van der Waals surface area contributed by atoms with Gasteiger partial charge in [0.15, 0.2) is 9.84 Å². The summed E-state index contributed by atoms with van der Waals surface area (Å²) in [5.41, 5.74) is 0. The fraction of sp³-hybridized carbons (Fsp3) is 0.714. The maximum Gasteiger partial charge on any atom is 0.221 e. The molecule has 1 heterocycles. The van der Waals surface area contributed by atoms with Crippen molar-refractivity contribution < 1.29 is 13.2 Å². The summed E-state index contributed by atoms with van der Waals surface area (Å²) in [4.78, 5) is 11.7. The van der Waals surface area contributed by atoms with E-state index in [1.807, 2.05) is 37.7 Å². The third-order valence-electron chi connectivity index (χ3n) is 2.93. The van der Waals surface area contributed by atoms with Gasteiger partial charge >= 0.3 is 0 Å². The minimum atomic E-state index is -3.13. The number of amides is 1. The summed E-state index contributed by atoms with van der Waals surface area (Å²) >= 11 is 0. The SMILES string of the molecule is CC(C)CS(=O)(=O)CCC(=O)NCC(C)Cn1cccn1. The second-order valence-corrected chi connectivity index (χ2v) is 8.12. The van der Waals surface area contributed by atoms with E-state index in [0.29, 0.717) is 6.54 Å². The van der Waals surface area contributed by atoms with Crippen LogP contribution in [0.3, 0.4) is 0 Å². The van der Waals surface area contributed by atoms with Gasteiger partial charge in [0.1, 0.15) is 0 Å². The standard InChI is InChI=1S/C14H25N3O3S/c1-12(2)11-21(19,20)8-5-14(18)15-9-13(3)10-17-7-4-6-16-17/h4,6-7,12-13H,5,8-11H2,1-3H3,(H,15,18). The Bertz CT molecular complexity index is 524. The van der Waals surface area contributed by atoms with Gasteiger partial charge in [-0.25, -0.2) is 8.42 Å². The number of hydrogen-bond acceptors (Lipinski definition) is 4. The molecule has 1 aromatic heterocycles. The Balaban J connectivity index is 2.25. The van der Waals surface area contributed by atoms with Crippen molar-refractivity contribution in [2.45, 2.75) is 33.7 Å². The molecule has 0 saturated heterocycles. The van der Waals surface area contributed by atoms with E-state index in [1.54, 1.807) is 6.20 Å². The smallest absolute Gasteiger partial charge is 0.221 e. The first-order valence-corrected chi connectivity index (χ1v) is 9.05. The molecule has 0 saturated carbocycles. The molecule has 0 aromatic carbocycles. The number of nitrogens with zero attached hydrogens (tertiary/aromatic N) is 2. The molecule has 0 fully saturated rings. The molecule has 7 heteroatoms. The van der Waals surface area contributed by atoms with Crippen molar-refractivity contribution in [3.8, 4) is 0 Å². The van der Waals surface area contributed by atoms with Gasteiger partial charge in [-0.2, -0.15) is 5.10 Å². The minimum Gasteiger partial charge on any atom is -0.356 e. The van der Waals surface area contributed by atoms with Crippen LogP contribution in [0.25, 0.3) is 0 Å². The minimum absolute atomic E-state index is 0.0313. The Morgan fingerprint density at radius 2 is 2.05 bits per heavy atom. The molecule has 0 radical (unpaired) electrons. The average molecular weight is 315 g/mol. The summed E-state index contributed by atoms with van der Waals surface area (Å²) in [6.45, 7) is 6.96. The monoisotopic (exact) mass is 315 g/mol. The highest BCUT2D eigenvalue weighted by atomic mass is 32.2. The molecule has 0 aliphatic carbocycles. The molecule has 0 spiro atoms. The van der Waals surface area contributed by atoms with E-state index in [9.17, 15) is 13.2 Å². The number of nitrogens with one attached hydrogen (secondary N) is 1. The Morgan fingerprint density at radius 1 is 1.33 bits per heavy atom. The third kappa shape index (κ3) is 7.84. The van der Waals surface area contributed by atoms with Crippen molar-refractivity contribution in [2.24, 2.45) is 11.8 Å². The molecule has 0 aliphatic heterocycles. The van der Waals surface area contributed by atoms with Gasteiger partial charge in [-0.3, -0.25) is 9.48 Å². The van der Waals surface area contributed by atoms with Crippen molar-refractivity contribution in [1.82, 2.24) is 15.1 Å². The van der Waals surface area contributed by atoms with E-state index in [4.69, 9.17) is 0 Å². The first-order valence-electron chi connectivity index (χ1n) is 7.23. The van der Waals surface area contributed by atoms with E-state index in [0.717, 1.165) is 6.54 Å². The summed E-state index contributed by atoms with van der Waals surface area (Å²) in [5.74, 6) is 0.170. The first-order chi connectivity index (χ1) is 9.78. The van der Waals surface area contributed by atoms with Crippen molar-refractivity contribution in [3.05, 3.63) is 18.5 Å². The molecule has 0 bridgehead atoms. The second-order valence-electron chi connectivity index (χ2n) is 5.90. The van der Waals surface area contributed by atoms with Gasteiger partial charge in [0, 0.05) is 31.9 Å². The number of carbonyl (C=O) groups excluding carboxylic acids is 1. The zero-order valence-electron chi connectivity index (χ0n) is 12.9. The molecular weight excluding hydrogens is 290 g/mol. The highest BCUT2D eigenvalue weighted by Gasteiger charge is 2.15. The number of hydrogen-bond donors (Lipinski definition) is 1. The zero-order chi connectivity index (χ0) is 15.9. The molecule has 6 nitrogen and oxygen atoms in total. The number of sulfone groups is 1. The Kier molecular flexibility index (Phi) is 6.87. The van der Waals surface area contributed by atoms with Crippen LogP contribution in [0.1, 0.15) is 27.2 Å². The molecule has 1 rings (SSSR count). The van der Waals surface area contributed by atoms with Crippen molar-refractivity contribution >= 4 is 15.7 Å². The predicted octanol–water partition coefficient (Wildman–Crippen LogP) is 1.10. The van der Waals surface area contributed by atoms with Gasteiger partial charge in [-0.05, 0) is 17.9 Å². The maximum absolute atomic E-state index is 11.7. The predicted molar refractivity (Wildman–Crippen MR) is 82.5 cm³/mol. The van der Waals surface area contributed by atoms with Crippen LogP contribution in [0.2, 0.25) is 0 Å². The van der Waals surface area contributed by atoms with Gasteiger partial charge < -0.3 is 5.32 Å². The fourth-order valence-electron chi connectivity index (χ4n) is 2.01. The van der Waals surface area contributed by atoms with Gasteiger partial charge in [-0.15, -0.1) is 0 Å². The van der Waals surface area contributed by atoms with Crippen LogP contribution in [0.15, 0.2) is 18.5 Å². The average Bonchev–Trinajstić information content (AvgIpc) is 2.85. The Hall–Kier alpha value is -1.37. The molecule has 1 unspecified atom stereocenters. The lowest BCUT2D eigenvalue weighted by molar-refractivity contribution is -0.120. The zero-order valence-corrected chi connectivity index (χ0v) is 13.8. The number of carbonyl (C=O) groups is 1. The number of aromatic nitrogens is 2. The molecule has 1 amide bonds. The van der Waals surface area contributed by atoms with E-state index in [1.165, 1.54) is 0 Å². The van der Waals surface area contributed by atoms with Crippen LogP contribution in [0.4, 0.5) is 0 Å². The lowest BCUT2D eigenvalue weighted by Crippen LogP contribution is -2.31. The Labute approximate surface area is 126 Å². The summed E-state index contributed by atoms with van der Waals surface area (Å²) in [6, 6.07) is 1.85. The van der Waals surface area contributed by atoms with Crippen molar-refractivity contribution in [2.75, 3.05) is 18.1 Å². The van der Waals surface area contributed by atoms with E-state index >= 15 is 0 Å². The lowest BCUT2D eigenvalue weighted by atomic mass is 10.2. The molecular formula is C14H25N3O3S. The lowest BCUT2D eigenvalue weighted by Gasteiger charge is -2.13. The highest BCUT2D eigenvalue weighted by Crippen LogP contribution is 2.03. The summed E-state index contributed by atoms with van der Waals surface area (Å²) in [5, 5.41) is 6.88. The quantitative estimate of drug-likeness (QED) is 0.740. The second kappa shape index (κ2) is 8.17. The van der Waals surface area contributed by atoms with Crippen LogP contribution in [-0.4, -0.2) is 42.2 Å². The largest absolute Gasteiger partial charge is 0.356 e. The van der Waals surface area contributed by atoms with Crippen LogP contribution < -0.4 is 5.32 Å². The molecule has 0 aliphatic rings. The number of rotatable bonds is 9. The van der Waals surface area contributed by atoms with E-state index in [-0.39, 0.29) is 35.7 Å². The van der Waals surface area contributed by atoms with Gasteiger partial charge in [-0.1, -0.05) is 20.8 Å². The summed E-state index contributed by atoms with van der Waals surface area (Å²) in [7, 11) is -3.13. The van der Waals surface area contributed by atoms with Crippen LogP contribution in [0, 0.1) is 11.8 Å². The first kappa shape index (κ1) is 17.7. The normalized spacial score (nSPS) is 13.3. The molecule has 1 aromatic rings. The van der Waals surface area contributed by atoms with Crippen LogP contribution >= 0.6 is 0 Å². The topological polar surface area (TPSA) is 81.1 Å². The van der Waals surface area contributed by atoms with Gasteiger partial charge in [0.2, 0.25) is 5.91 Å². The van der Waals surface area contributed by atoms with Crippen LogP contribution in [-0.2, 0) is 21.2 Å². The molecule has 21 heavy (non-hydrogen) atoms. The Morgan fingerprint density at radius 3 is 2.62 bits per heavy atom. The molecule has 1 atom stereocenters. The molecule has 1 N–H and O–H groups in total. The van der Waals surface area contributed by atoms with Gasteiger partial charge in [0.25, 0.3) is 0 Å². The highest BCUT2D eigenvalue weighted by molar-refractivity contribution is 7.91. The maximum atomic E-state index is 11.7. The fourth-order valence-corrected chi connectivity index (χ4v) is 3.69. The van der Waals surface area contributed by atoms with E-state index in [2.05, 4.69) is 10.4 Å².